The predicted octanol–water partition coefficient (Wildman–Crippen LogP) is 1.05. The van der Waals surface area contributed by atoms with E-state index in [2.05, 4.69) is 5.10 Å². The average molecular weight is 173 g/mol. The maximum atomic E-state index is 12.8. The summed E-state index contributed by atoms with van der Waals surface area (Å²) in [6, 6.07) is 0. The van der Waals surface area contributed by atoms with Crippen molar-refractivity contribution in [2.45, 2.75) is 25.3 Å². The monoisotopic (exact) mass is 173 g/mol. The van der Waals surface area contributed by atoms with E-state index in [4.69, 9.17) is 5.73 Å². The van der Waals surface area contributed by atoms with Gasteiger partial charge >= 0.3 is 0 Å². The third kappa shape index (κ3) is 1.05. The molecular weight excluding hydrogens is 164 g/mol. The number of hydrogen-bond acceptors (Lipinski definition) is 2. The van der Waals surface area contributed by atoms with E-state index >= 15 is 0 Å². The Hall–Kier alpha value is -1.13. The van der Waals surface area contributed by atoms with E-state index in [9.17, 15) is 8.78 Å². The van der Waals surface area contributed by atoms with Crippen molar-refractivity contribution in [3.05, 3.63) is 11.9 Å². The molecule has 0 spiro atoms. The Bertz CT molecular complexity index is 306. The van der Waals surface area contributed by atoms with Crippen LogP contribution in [0.15, 0.2) is 6.20 Å². The maximum Gasteiger partial charge on any atom is 0.255 e. The quantitative estimate of drug-likeness (QED) is 0.637. The van der Waals surface area contributed by atoms with Crippen LogP contribution in [0.1, 0.15) is 12.1 Å². The molecule has 5 heteroatoms. The summed E-state index contributed by atoms with van der Waals surface area (Å²) in [7, 11) is 0. The molecule has 3 nitrogen and oxygen atoms in total. The van der Waals surface area contributed by atoms with Crippen LogP contribution in [0.3, 0.4) is 0 Å². The highest BCUT2D eigenvalue weighted by molar-refractivity contribution is 5.42. The number of alkyl halides is 2. The highest BCUT2D eigenvalue weighted by Crippen LogP contribution is 2.31. The standard InChI is InChI=1S/C7H9F2N3/c8-7(9)1-2-12-6(3-7)5(10)4-11-12/h4H,1-3,10H2. The number of nitrogens with two attached hydrogens (primary N) is 1. The number of nitrogen functional groups attached to an aromatic ring is 1. The smallest absolute Gasteiger partial charge is 0.255 e. The summed E-state index contributed by atoms with van der Waals surface area (Å²) >= 11 is 0. The van der Waals surface area contributed by atoms with Gasteiger partial charge in [-0.3, -0.25) is 4.68 Å². The molecule has 1 aliphatic heterocycles. The summed E-state index contributed by atoms with van der Waals surface area (Å²) in [5.41, 5.74) is 6.30. The predicted molar refractivity (Wildman–Crippen MR) is 39.9 cm³/mol. The van der Waals surface area contributed by atoms with E-state index < -0.39 is 5.92 Å². The maximum absolute atomic E-state index is 12.8. The van der Waals surface area contributed by atoms with Crippen LogP contribution in [-0.2, 0) is 13.0 Å². The van der Waals surface area contributed by atoms with E-state index in [0.717, 1.165) is 0 Å². The fraction of sp³-hybridized carbons (Fsp3) is 0.571. The zero-order valence-electron chi connectivity index (χ0n) is 6.43. The lowest BCUT2D eigenvalue weighted by molar-refractivity contribution is -0.0241. The third-order valence-electron chi connectivity index (χ3n) is 2.10. The average Bonchev–Trinajstić information content (AvgIpc) is 2.31. The molecule has 2 rings (SSSR count). The van der Waals surface area contributed by atoms with Crippen LogP contribution in [0.5, 0.6) is 0 Å². The van der Waals surface area contributed by atoms with Crippen molar-refractivity contribution in [2.24, 2.45) is 0 Å². The number of hydrogen-bond donors (Lipinski definition) is 1. The largest absolute Gasteiger partial charge is 0.396 e. The van der Waals surface area contributed by atoms with Crippen LogP contribution in [0, 0.1) is 0 Å². The molecule has 0 aromatic carbocycles. The van der Waals surface area contributed by atoms with E-state index in [1.54, 1.807) is 4.68 Å². The van der Waals surface area contributed by atoms with Crippen LogP contribution in [0.2, 0.25) is 0 Å². The van der Waals surface area contributed by atoms with Crippen molar-refractivity contribution < 1.29 is 8.78 Å². The molecule has 0 unspecified atom stereocenters. The van der Waals surface area contributed by atoms with Crippen molar-refractivity contribution >= 4 is 5.69 Å². The molecule has 0 saturated heterocycles. The Morgan fingerprint density at radius 2 is 2.33 bits per heavy atom. The van der Waals surface area contributed by atoms with E-state index in [1.807, 2.05) is 0 Å². The minimum Gasteiger partial charge on any atom is -0.396 e. The fourth-order valence-electron chi connectivity index (χ4n) is 1.41. The Kier molecular flexibility index (Phi) is 1.37. The van der Waals surface area contributed by atoms with Gasteiger partial charge in [-0.1, -0.05) is 0 Å². The molecule has 1 aromatic rings. The molecule has 12 heavy (non-hydrogen) atoms. The highest BCUT2D eigenvalue weighted by atomic mass is 19.3. The second-order valence-electron chi connectivity index (χ2n) is 3.05. The zero-order valence-corrected chi connectivity index (χ0v) is 6.43. The van der Waals surface area contributed by atoms with Crippen molar-refractivity contribution in [3.63, 3.8) is 0 Å². The van der Waals surface area contributed by atoms with Crippen LogP contribution >= 0.6 is 0 Å². The van der Waals surface area contributed by atoms with Crippen molar-refractivity contribution in [1.29, 1.82) is 0 Å². The van der Waals surface area contributed by atoms with Gasteiger partial charge in [0.05, 0.1) is 24.0 Å². The molecule has 66 valence electrons. The molecule has 1 aromatic heterocycles. The number of halogens is 2. The van der Waals surface area contributed by atoms with Gasteiger partial charge in [-0.2, -0.15) is 5.10 Å². The molecule has 2 heterocycles. The highest BCUT2D eigenvalue weighted by Gasteiger charge is 2.35. The normalized spacial score (nSPS) is 20.5. The number of nitrogens with zero attached hydrogens (tertiary/aromatic N) is 2. The summed E-state index contributed by atoms with van der Waals surface area (Å²) in [6.07, 6.45) is 1.01. The van der Waals surface area contributed by atoms with Gasteiger partial charge in [0.25, 0.3) is 5.92 Å². The third-order valence-corrected chi connectivity index (χ3v) is 2.10. The van der Waals surface area contributed by atoms with Gasteiger partial charge in [-0.05, 0) is 0 Å². The van der Waals surface area contributed by atoms with Gasteiger partial charge in [0, 0.05) is 13.0 Å². The summed E-state index contributed by atoms with van der Waals surface area (Å²) in [6.45, 7) is 0.263. The first-order valence-corrected chi connectivity index (χ1v) is 3.76. The molecule has 0 bridgehead atoms. The first-order valence-electron chi connectivity index (χ1n) is 3.76. The second-order valence-corrected chi connectivity index (χ2v) is 3.05. The van der Waals surface area contributed by atoms with Crippen LogP contribution in [0.4, 0.5) is 14.5 Å². The molecule has 0 fully saturated rings. The van der Waals surface area contributed by atoms with Gasteiger partial charge in [0.1, 0.15) is 0 Å². The van der Waals surface area contributed by atoms with E-state index in [0.29, 0.717) is 11.4 Å². The van der Waals surface area contributed by atoms with E-state index in [-0.39, 0.29) is 19.4 Å². The van der Waals surface area contributed by atoms with Gasteiger partial charge in [0.15, 0.2) is 0 Å². The summed E-state index contributed by atoms with van der Waals surface area (Å²) < 4.78 is 27.2. The van der Waals surface area contributed by atoms with Crippen LogP contribution in [-0.4, -0.2) is 15.7 Å². The van der Waals surface area contributed by atoms with E-state index in [1.165, 1.54) is 6.20 Å². The Balaban J connectivity index is 2.38. The Morgan fingerprint density at radius 1 is 1.58 bits per heavy atom. The SMILES string of the molecule is Nc1cnn2c1CC(F)(F)CC2. The first-order chi connectivity index (χ1) is 5.58. The topological polar surface area (TPSA) is 43.8 Å². The molecule has 1 aliphatic rings. The number of anilines is 1. The molecular formula is C7H9F2N3. The number of aromatic nitrogens is 2. The summed E-state index contributed by atoms with van der Waals surface area (Å²) in [5, 5.41) is 3.88. The van der Waals surface area contributed by atoms with Gasteiger partial charge in [-0.25, -0.2) is 8.78 Å². The Labute approximate surface area is 68.2 Å². The second kappa shape index (κ2) is 2.18. The molecule has 0 aliphatic carbocycles. The molecule has 2 N–H and O–H groups in total. The summed E-state index contributed by atoms with van der Waals surface area (Å²) in [4.78, 5) is 0. The van der Waals surface area contributed by atoms with Crippen LogP contribution in [0.25, 0.3) is 0 Å². The van der Waals surface area contributed by atoms with Crippen molar-refractivity contribution in [1.82, 2.24) is 9.78 Å². The lowest BCUT2D eigenvalue weighted by Crippen LogP contribution is -2.29. The van der Waals surface area contributed by atoms with Crippen LogP contribution < -0.4 is 5.73 Å². The van der Waals surface area contributed by atoms with Gasteiger partial charge < -0.3 is 5.73 Å². The molecule has 0 amide bonds. The fourth-order valence-corrected chi connectivity index (χ4v) is 1.41. The molecule has 0 radical (unpaired) electrons. The number of aryl methyl sites for hydroxylation is 1. The lowest BCUT2D eigenvalue weighted by atomic mass is 10.1. The molecule has 0 saturated carbocycles. The number of rotatable bonds is 0. The minimum atomic E-state index is -2.61. The summed E-state index contributed by atoms with van der Waals surface area (Å²) in [5.74, 6) is -2.61. The van der Waals surface area contributed by atoms with Gasteiger partial charge in [0.2, 0.25) is 0 Å². The lowest BCUT2D eigenvalue weighted by Gasteiger charge is -2.22. The van der Waals surface area contributed by atoms with Crippen molar-refractivity contribution in [2.75, 3.05) is 5.73 Å². The zero-order chi connectivity index (χ0) is 8.77. The Morgan fingerprint density at radius 3 is 3.08 bits per heavy atom. The number of fused-ring (bicyclic) bond motifs is 1. The van der Waals surface area contributed by atoms with Crippen molar-refractivity contribution in [3.8, 4) is 0 Å². The minimum absolute atomic E-state index is 0.138. The van der Waals surface area contributed by atoms with Gasteiger partial charge in [-0.15, -0.1) is 0 Å². The molecule has 0 atom stereocenters. The first kappa shape index (κ1) is 7.52.